The highest BCUT2D eigenvalue weighted by Crippen LogP contribution is 2.38. The Bertz CT molecular complexity index is 897. The second-order valence-corrected chi connectivity index (χ2v) is 7.61. The first-order chi connectivity index (χ1) is 13.6. The molecule has 28 heavy (non-hydrogen) atoms. The minimum atomic E-state index is -0.257. The minimum Gasteiger partial charge on any atom is -0.497 e. The first kappa shape index (κ1) is 19.9. The lowest BCUT2D eigenvalue weighted by Crippen LogP contribution is -2.25. The first-order valence-corrected chi connectivity index (χ1v) is 10.1. The second-order valence-electron chi connectivity index (χ2n) is 6.51. The van der Waals surface area contributed by atoms with Gasteiger partial charge in [0.2, 0.25) is 5.91 Å². The van der Waals surface area contributed by atoms with Gasteiger partial charge < -0.3 is 15.4 Å². The van der Waals surface area contributed by atoms with Crippen molar-refractivity contribution in [2.75, 3.05) is 19.0 Å². The number of carbonyl (C=O) groups excluding carboxylic acids is 2. The van der Waals surface area contributed by atoms with Gasteiger partial charge in [0.1, 0.15) is 10.8 Å². The summed E-state index contributed by atoms with van der Waals surface area (Å²) < 4.78 is 5.13. The lowest BCUT2D eigenvalue weighted by molar-refractivity contribution is -0.111. The predicted octanol–water partition coefficient (Wildman–Crippen LogP) is 4.20. The highest BCUT2D eigenvalue weighted by atomic mass is 32.1. The van der Waals surface area contributed by atoms with E-state index in [2.05, 4.69) is 17.2 Å². The number of hydrogen-bond donors (Lipinski definition) is 2. The zero-order valence-electron chi connectivity index (χ0n) is 15.9. The van der Waals surface area contributed by atoms with E-state index >= 15 is 0 Å². The van der Waals surface area contributed by atoms with Crippen molar-refractivity contribution in [2.45, 2.75) is 25.7 Å². The molecule has 2 amide bonds. The Morgan fingerprint density at radius 3 is 2.68 bits per heavy atom. The van der Waals surface area contributed by atoms with E-state index in [4.69, 9.17) is 4.74 Å². The quantitative estimate of drug-likeness (QED) is 0.544. The third kappa shape index (κ3) is 4.70. The summed E-state index contributed by atoms with van der Waals surface area (Å²) in [6.07, 6.45) is 8.88. The largest absolute Gasteiger partial charge is 0.497 e. The molecule has 0 unspecified atom stereocenters. The molecule has 0 bridgehead atoms. The van der Waals surface area contributed by atoms with E-state index in [0.29, 0.717) is 17.1 Å². The molecule has 0 saturated heterocycles. The fourth-order valence-electron chi connectivity index (χ4n) is 3.19. The van der Waals surface area contributed by atoms with Gasteiger partial charge in [-0.15, -0.1) is 17.9 Å². The topological polar surface area (TPSA) is 67.4 Å². The highest BCUT2D eigenvalue weighted by Gasteiger charge is 2.25. The lowest BCUT2D eigenvalue weighted by Gasteiger charge is -2.12. The lowest BCUT2D eigenvalue weighted by atomic mass is 9.95. The maximum absolute atomic E-state index is 12.6. The summed E-state index contributed by atoms with van der Waals surface area (Å²) in [5.74, 6) is 0.349. The average Bonchev–Trinajstić information content (AvgIpc) is 3.08. The van der Waals surface area contributed by atoms with Crippen molar-refractivity contribution < 1.29 is 14.3 Å². The molecule has 0 atom stereocenters. The number of hydrogen-bond acceptors (Lipinski definition) is 4. The van der Waals surface area contributed by atoms with E-state index in [-0.39, 0.29) is 11.8 Å². The van der Waals surface area contributed by atoms with Gasteiger partial charge in [-0.1, -0.05) is 18.2 Å². The Balaban J connectivity index is 1.77. The van der Waals surface area contributed by atoms with Crippen molar-refractivity contribution in [1.29, 1.82) is 0 Å². The molecular formula is C22H24N2O3S. The molecule has 0 fully saturated rings. The summed E-state index contributed by atoms with van der Waals surface area (Å²) in [6, 6.07) is 7.43. The average molecular weight is 397 g/mol. The summed E-state index contributed by atoms with van der Waals surface area (Å²) >= 11 is 1.51. The van der Waals surface area contributed by atoms with Crippen LogP contribution in [0.2, 0.25) is 0 Å². The second kappa shape index (κ2) is 9.37. The van der Waals surface area contributed by atoms with Crippen molar-refractivity contribution in [3.05, 3.63) is 64.6 Å². The van der Waals surface area contributed by atoms with Gasteiger partial charge in [-0.2, -0.15) is 0 Å². The first-order valence-electron chi connectivity index (χ1n) is 9.29. The number of anilines is 1. The molecule has 0 spiro atoms. The summed E-state index contributed by atoms with van der Waals surface area (Å²) in [5.41, 5.74) is 2.57. The Morgan fingerprint density at radius 2 is 1.96 bits per heavy atom. The van der Waals surface area contributed by atoms with Crippen LogP contribution in [0, 0.1) is 0 Å². The van der Waals surface area contributed by atoms with Crippen LogP contribution in [0.1, 0.15) is 39.2 Å². The van der Waals surface area contributed by atoms with Crippen LogP contribution in [-0.2, 0) is 17.6 Å². The molecule has 0 radical (unpaired) electrons. The molecule has 0 saturated carbocycles. The third-order valence-electron chi connectivity index (χ3n) is 4.59. The van der Waals surface area contributed by atoms with Crippen molar-refractivity contribution in [3.63, 3.8) is 0 Å². The Morgan fingerprint density at radius 1 is 1.21 bits per heavy atom. The molecule has 146 valence electrons. The van der Waals surface area contributed by atoms with E-state index in [0.717, 1.165) is 42.6 Å². The standard InChI is InChI=1S/C22H24N2O3S/c1-3-14-23-21(26)20-17-6-4-5-7-18(17)28-22(20)24-19(25)13-10-15-8-11-16(27-2)12-9-15/h3,8-13H,1,4-7,14H2,2H3,(H,23,26)(H,24,25)/b13-10+. The molecular weight excluding hydrogens is 372 g/mol. The molecule has 0 aliphatic heterocycles. The van der Waals surface area contributed by atoms with Gasteiger partial charge in [-0.25, -0.2) is 0 Å². The number of benzene rings is 1. The van der Waals surface area contributed by atoms with Gasteiger partial charge in [0.15, 0.2) is 0 Å². The Kier molecular flexibility index (Phi) is 6.66. The monoisotopic (exact) mass is 396 g/mol. The zero-order valence-corrected chi connectivity index (χ0v) is 16.7. The number of ether oxygens (including phenoxy) is 1. The van der Waals surface area contributed by atoms with E-state index in [1.807, 2.05) is 24.3 Å². The van der Waals surface area contributed by atoms with E-state index < -0.39 is 0 Å². The minimum absolute atomic E-state index is 0.159. The van der Waals surface area contributed by atoms with Crippen molar-refractivity contribution in [1.82, 2.24) is 5.32 Å². The van der Waals surface area contributed by atoms with Gasteiger partial charge in [0, 0.05) is 17.5 Å². The van der Waals surface area contributed by atoms with Crippen LogP contribution in [-0.4, -0.2) is 25.5 Å². The fourth-order valence-corrected chi connectivity index (χ4v) is 4.48. The highest BCUT2D eigenvalue weighted by molar-refractivity contribution is 7.17. The van der Waals surface area contributed by atoms with Gasteiger partial charge in [-0.05, 0) is 55.0 Å². The Hall–Kier alpha value is -2.86. The van der Waals surface area contributed by atoms with Crippen LogP contribution in [0.15, 0.2) is 43.0 Å². The molecule has 1 heterocycles. The molecule has 5 nitrogen and oxygen atoms in total. The number of thiophene rings is 1. The van der Waals surface area contributed by atoms with E-state index in [1.54, 1.807) is 19.3 Å². The molecule has 2 aromatic rings. The Labute approximate surface area is 169 Å². The third-order valence-corrected chi connectivity index (χ3v) is 5.79. The van der Waals surface area contributed by atoms with Crippen LogP contribution >= 0.6 is 11.3 Å². The molecule has 3 rings (SSSR count). The summed E-state index contributed by atoms with van der Waals surface area (Å²) in [6.45, 7) is 4.03. The van der Waals surface area contributed by atoms with Crippen LogP contribution in [0.25, 0.3) is 6.08 Å². The summed E-state index contributed by atoms with van der Waals surface area (Å²) in [5, 5.41) is 6.36. The van der Waals surface area contributed by atoms with Crippen LogP contribution in [0.5, 0.6) is 5.75 Å². The smallest absolute Gasteiger partial charge is 0.254 e. The maximum Gasteiger partial charge on any atom is 0.254 e. The van der Waals surface area contributed by atoms with E-state index in [1.165, 1.54) is 22.3 Å². The fraction of sp³-hybridized carbons (Fsp3) is 0.273. The number of carbonyl (C=O) groups is 2. The molecule has 1 aliphatic carbocycles. The van der Waals surface area contributed by atoms with E-state index in [9.17, 15) is 9.59 Å². The number of fused-ring (bicyclic) bond motifs is 1. The number of methoxy groups -OCH3 is 1. The van der Waals surface area contributed by atoms with Crippen LogP contribution in [0.4, 0.5) is 5.00 Å². The number of nitrogens with one attached hydrogen (secondary N) is 2. The van der Waals surface area contributed by atoms with Gasteiger partial charge in [0.05, 0.1) is 12.7 Å². The van der Waals surface area contributed by atoms with Gasteiger partial charge in [-0.3, -0.25) is 9.59 Å². The molecule has 1 aromatic carbocycles. The summed E-state index contributed by atoms with van der Waals surface area (Å²) in [7, 11) is 1.61. The molecule has 6 heteroatoms. The van der Waals surface area contributed by atoms with Gasteiger partial charge in [0.25, 0.3) is 5.91 Å². The summed E-state index contributed by atoms with van der Waals surface area (Å²) in [4.78, 5) is 26.3. The van der Waals surface area contributed by atoms with Crippen molar-refractivity contribution >= 4 is 34.2 Å². The molecule has 2 N–H and O–H groups in total. The number of aryl methyl sites for hydroxylation is 1. The normalized spacial score (nSPS) is 13.0. The number of rotatable bonds is 7. The molecule has 1 aliphatic rings. The van der Waals surface area contributed by atoms with Crippen LogP contribution in [0.3, 0.4) is 0 Å². The van der Waals surface area contributed by atoms with Crippen molar-refractivity contribution in [3.8, 4) is 5.75 Å². The zero-order chi connectivity index (χ0) is 19.9. The van der Waals surface area contributed by atoms with Crippen molar-refractivity contribution in [2.24, 2.45) is 0 Å². The number of amides is 2. The predicted molar refractivity (Wildman–Crippen MR) is 114 cm³/mol. The molecule has 1 aromatic heterocycles. The van der Waals surface area contributed by atoms with Crippen LogP contribution < -0.4 is 15.4 Å². The maximum atomic E-state index is 12.6. The van der Waals surface area contributed by atoms with Gasteiger partial charge >= 0.3 is 0 Å². The SMILES string of the molecule is C=CCNC(=O)c1c(NC(=O)/C=C/c2ccc(OC)cc2)sc2c1CCCC2.